The second-order valence-electron chi connectivity index (χ2n) is 3.40. The van der Waals surface area contributed by atoms with Crippen molar-refractivity contribution in [1.82, 2.24) is 14.5 Å². The summed E-state index contributed by atoms with van der Waals surface area (Å²) in [7, 11) is 3.35. The number of nitrogens with zero attached hydrogens (tertiary/aromatic N) is 3. The number of hydrogen-bond acceptors (Lipinski definition) is 4. The Balaban J connectivity index is 2.41. The highest BCUT2D eigenvalue weighted by atomic mass is 16.5. The van der Waals surface area contributed by atoms with E-state index in [1.54, 1.807) is 35.3 Å². The van der Waals surface area contributed by atoms with E-state index in [4.69, 9.17) is 4.74 Å². The molecule has 0 aliphatic heterocycles. The van der Waals surface area contributed by atoms with E-state index >= 15 is 0 Å². The molecule has 2 rings (SSSR count). The summed E-state index contributed by atoms with van der Waals surface area (Å²) in [5.41, 5.74) is 0.610. The van der Waals surface area contributed by atoms with Gasteiger partial charge in [0.05, 0.1) is 12.7 Å². The van der Waals surface area contributed by atoms with Gasteiger partial charge in [0.15, 0.2) is 0 Å². The molecule has 2 aromatic rings. The lowest BCUT2D eigenvalue weighted by molar-refractivity contribution is 0.200. The van der Waals surface area contributed by atoms with Crippen molar-refractivity contribution < 1.29 is 9.84 Å². The second-order valence-corrected chi connectivity index (χ2v) is 3.40. The minimum absolute atomic E-state index is 0.415. The number of methoxy groups -OCH3 is 1. The molecule has 0 aliphatic rings. The van der Waals surface area contributed by atoms with E-state index < -0.39 is 6.10 Å². The molecule has 2 heterocycles. The number of imidazole rings is 1. The lowest BCUT2D eigenvalue weighted by Crippen LogP contribution is -2.08. The molecule has 0 radical (unpaired) electrons. The van der Waals surface area contributed by atoms with E-state index in [0.717, 1.165) is 0 Å². The fourth-order valence-electron chi connectivity index (χ4n) is 1.56. The smallest absolute Gasteiger partial charge is 0.219 e. The zero-order valence-corrected chi connectivity index (χ0v) is 9.16. The van der Waals surface area contributed by atoms with Crippen LogP contribution in [0.3, 0.4) is 0 Å². The first kappa shape index (κ1) is 10.6. The van der Waals surface area contributed by atoms with Gasteiger partial charge in [0.1, 0.15) is 11.9 Å². The molecular weight excluding hydrogens is 206 g/mol. The highest BCUT2D eigenvalue weighted by Crippen LogP contribution is 2.26. The topological polar surface area (TPSA) is 60.2 Å². The summed E-state index contributed by atoms with van der Waals surface area (Å²) in [6.45, 7) is 0. The molecule has 0 bridgehead atoms. The Morgan fingerprint density at radius 2 is 2.19 bits per heavy atom. The van der Waals surface area contributed by atoms with E-state index in [9.17, 15) is 5.11 Å². The number of aromatic nitrogens is 3. The van der Waals surface area contributed by atoms with E-state index in [-0.39, 0.29) is 0 Å². The molecular formula is C11H13N3O2. The molecule has 1 N–H and O–H groups in total. The fraction of sp³-hybridized carbons (Fsp3) is 0.273. The van der Waals surface area contributed by atoms with Gasteiger partial charge in [0.25, 0.3) is 0 Å². The van der Waals surface area contributed by atoms with Crippen LogP contribution in [0.1, 0.15) is 17.5 Å². The van der Waals surface area contributed by atoms with E-state index in [2.05, 4.69) is 9.97 Å². The first-order valence-electron chi connectivity index (χ1n) is 4.88. The molecule has 2 aromatic heterocycles. The number of pyridine rings is 1. The van der Waals surface area contributed by atoms with Crippen molar-refractivity contribution >= 4 is 0 Å². The minimum atomic E-state index is -0.830. The third-order valence-corrected chi connectivity index (χ3v) is 2.39. The van der Waals surface area contributed by atoms with Crippen molar-refractivity contribution in [3.05, 3.63) is 42.1 Å². The summed E-state index contributed by atoms with van der Waals surface area (Å²) in [5, 5.41) is 10.2. The zero-order chi connectivity index (χ0) is 11.5. The van der Waals surface area contributed by atoms with E-state index in [1.807, 2.05) is 7.05 Å². The molecule has 0 aliphatic carbocycles. The van der Waals surface area contributed by atoms with Crippen LogP contribution < -0.4 is 4.74 Å². The van der Waals surface area contributed by atoms with Crippen LogP contribution in [0.5, 0.6) is 5.88 Å². The third-order valence-electron chi connectivity index (χ3n) is 2.39. The van der Waals surface area contributed by atoms with Gasteiger partial charge in [0, 0.05) is 25.6 Å². The number of aryl methyl sites for hydroxylation is 1. The van der Waals surface area contributed by atoms with Gasteiger partial charge in [-0.2, -0.15) is 0 Å². The Morgan fingerprint density at radius 1 is 1.38 bits per heavy atom. The number of rotatable bonds is 3. The van der Waals surface area contributed by atoms with Crippen LogP contribution in [-0.2, 0) is 7.05 Å². The summed E-state index contributed by atoms with van der Waals surface area (Å²) >= 11 is 0. The van der Waals surface area contributed by atoms with Gasteiger partial charge < -0.3 is 14.4 Å². The molecule has 5 nitrogen and oxygen atoms in total. The Morgan fingerprint density at radius 3 is 2.81 bits per heavy atom. The number of aliphatic hydroxyl groups excluding tert-OH is 1. The summed E-state index contributed by atoms with van der Waals surface area (Å²) in [6.07, 6.45) is 4.21. The first-order valence-corrected chi connectivity index (χ1v) is 4.88. The molecule has 0 fully saturated rings. The van der Waals surface area contributed by atoms with Crippen LogP contribution >= 0.6 is 0 Å². The predicted octanol–water partition coefficient (Wildman–Crippen LogP) is 0.905. The quantitative estimate of drug-likeness (QED) is 0.833. The zero-order valence-electron chi connectivity index (χ0n) is 9.16. The second kappa shape index (κ2) is 4.32. The maximum atomic E-state index is 10.2. The van der Waals surface area contributed by atoms with E-state index in [0.29, 0.717) is 17.3 Å². The van der Waals surface area contributed by atoms with Gasteiger partial charge >= 0.3 is 0 Å². The van der Waals surface area contributed by atoms with Crippen LogP contribution in [0.2, 0.25) is 0 Å². The summed E-state index contributed by atoms with van der Waals surface area (Å²) in [5.74, 6) is 0.976. The molecule has 1 unspecified atom stereocenters. The third kappa shape index (κ3) is 1.77. The number of hydrogen-bond donors (Lipinski definition) is 1. The van der Waals surface area contributed by atoms with Crippen molar-refractivity contribution in [3.8, 4) is 5.88 Å². The largest absolute Gasteiger partial charge is 0.481 e. The number of ether oxygens (including phenoxy) is 1. The normalized spacial score (nSPS) is 12.4. The monoisotopic (exact) mass is 219 g/mol. The average Bonchev–Trinajstić information content (AvgIpc) is 2.74. The molecule has 5 heteroatoms. The maximum Gasteiger partial charge on any atom is 0.219 e. The first-order chi connectivity index (χ1) is 7.74. The minimum Gasteiger partial charge on any atom is -0.481 e. The lowest BCUT2D eigenvalue weighted by atomic mass is 10.1. The van der Waals surface area contributed by atoms with Crippen molar-refractivity contribution in [1.29, 1.82) is 0 Å². The predicted molar refractivity (Wildman–Crippen MR) is 58.1 cm³/mol. The van der Waals surface area contributed by atoms with Gasteiger partial charge in [-0.25, -0.2) is 9.97 Å². The average molecular weight is 219 g/mol. The Labute approximate surface area is 93.3 Å². The van der Waals surface area contributed by atoms with Crippen molar-refractivity contribution in [2.45, 2.75) is 6.10 Å². The van der Waals surface area contributed by atoms with Crippen LogP contribution in [0, 0.1) is 0 Å². The van der Waals surface area contributed by atoms with Gasteiger partial charge in [-0.1, -0.05) is 0 Å². The van der Waals surface area contributed by atoms with Crippen molar-refractivity contribution in [2.24, 2.45) is 7.05 Å². The lowest BCUT2D eigenvalue weighted by Gasteiger charge is -2.13. The Kier molecular flexibility index (Phi) is 2.87. The van der Waals surface area contributed by atoms with Crippen LogP contribution in [0.15, 0.2) is 30.7 Å². The summed E-state index contributed by atoms with van der Waals surface area (Å²) < 4.78 is 6.86. The SMILES string of the molecule is COc1ncccc1C(O)c1nccn1C. The Bertz CT molecular complexity index is 482. The molecule has 1 atom stereocenters. The van der Waals surface area contributed by atoms with Gasteiger partial charge in [-0.15, -0.1) is 0 Å². The molecule has 0 aromatic carbocycles. The van der Waals surface area contributed by atoms with Crippen molar-refractivity contribution in [2.75, 3.05) is 7.11 Å². The molecule has 0 saturated carbocycles. The molecule has 16 heavy (non-hydrogen) atoms. The molecule has 84 valence electrons. The van der Waals surface area contributed by atoms with Gasteiger partial charge in [-0.3, -0.25) is 0 Å². The molecule has 0 saturated heterocycles. The number of aliphatic hydroxyl groups is 1. The summed E-state index contributed by atoms with van der Waals surface area (Å²) in [6, 6.07) is 3.52. The van der Waals surface area contributed by atoms with Crippen LogP contribution in [-0.4, -0.2) is 26.8 Å². The van der Waals surface area contributed by atoms with Gasteiger partial charge in [0.2, 0.25) is 5.88 Å². The summed E-state index contributed by atoms with van der Waals surface area (Å²) in [4.78, 5) is 8.14. The van der Waals surface area contributed by atoms with Crippen LogP contribution in [0.4, 0.5) is 0 Å². The van der Waals surface area contributed by atoms with Crippen molar-refractivity contribution in [3.63, 3.8) is 0 Å². The standard InChI is InChI=1S/C11H13N3O2/c1-14-7-6-12-10(14)9(15)8-4-3-5-13-11(8)16-2/h3-7,9,15H,1-2H3. The van der Waals surface area contributed by atoms with Crippen LogP contribution in [0.25, 0.3) is 0 Å². The highest BCUT2D eigenvalue weighted by Gasteiger charge is 2.19. The molecule has 0 spiro atoms. The van der Waals surface area contributed by atoms with E-state index in [1.165, 1.54) is 7.11 Å². The maximum absolute atomic E-state index is 10.2. The molecule has 0 amide bonds. The fourth-order valence-corrected chi connectivity index (χ4v) is 1.56. The Hall–Kier alpha value is -1.88. The van der Waals surface area contributed by atoms with Gasteiger partial charge in [-0.05, 0) is 12.1 Å². The highest BCUT2D eigenvalue weighted by molar-refractivity contribution is 5.31.